The molecule has 0 aliphatic heterocycles. The molecule has 0 atom stereocenters. The molecule has 2 aromatic rings. The SMILES string of the molecule is CC.CC.Cc1ccsc1C(F)(F)F.Cc1cn(C)cc1C(F)(F)F. The van der Waals surface area contributed by atoms with Crippen molar-refractivity contribution in [1.29, 1.82) is 0 Å². The largest absolute Gasteiger partial charge is 0.425 e. The summed E-state index contributed by atoms with van der Waals surface area (Å²) in [5.41, 5.74) is 0.0116. The van der Waals surface area contributed by atoms with Crippen LogP contribution in [-0.2, 0) is 19.4 Å². The number of halogens is 6. The van der Waals surface area contributed by atoms with Crippen molar-refractivity contribution in [2.24, 2.45) is 7.05 Å². The second kappa shape index (κ2) is 11.2. The number of hydrogen-bond donors (Lipinski definition) is 0. The number of alkyl halides is 6. The Bertz CT molecular complexity index is 593. The molecule has 2 aromatic heterocycles. The van der Waals surface area contributed by atoms with Gasteiger partial charge in [-0.15, -0.1) is 11.3 Å². The predicted molar refractivity (Wildman–Crippen MR) is 91.9 cm³/mol. The lowest BCUT2D eigenvalue weighted by molar-refractivity contribution is -0.138. The average molecular weight is 389 g/mol. The summed E-state index contributed by atoms with van der Waals surface area (Å²) in [6.07, 6.45) is -5.86. The van der Waals surface area contributed by atoms with Gasteiger partial charge in [-0.2, -0.15) is 26.3 Å². The van der Waals surface area contributed by atoms with Gasteiger partial charge in [0.1, 0.15) is 4.88 Å². The summed E-state index contributed by atoms with van der Waals surface area (Å²) in [5.74, 6) is 0. The number of hydrogen-bond acceptors (Lipinski definition) is 1. The van der Waals surface area contributed by atoms with Gasteiger partial charge in [0, 0.05) is 19.4 Å². The van der Waals surface area contributed by atoms with Gasteiger partial charge in [0.05, 0.1) is 5.56 Å². The molecule has 1 nitrogen and oxygen atoms in total. The lowest BCUT2D eigenvalue weighted by atomic mass is 10.2. The van der Waals surface area contributed by atoms with Crippen LogP contribution in [-0.4, -0.2) is 4.57 Å². The van der Waals surface area contributed by atoms with E-state index < -0.39 is 22.8 Å². The monoisotopic (exact) mass is 389 g/mol. The Morgan fingerprint density at radius 2 is 1.28 bits per heavy atom. The molecule has 0 bridgehead atoms. The first-order valence-corrected chi connectivity index (χ1v) is 8.62. The second-order valence-electron chi connectivity index (χ2n) is 4.45. The summed E-state index contributed by atoms with van der Waals surface area (Å²) in [4.78, 5) is -0.493. The third kappa shape index (κ3) is 9.00. The van der Waals surface area contributed by atoms with Crippen molar-refractivity contribution in [2.75, 3.05) is 0 Å². The van der Waals surface area contributed by atoms with Crippen LogP contribution in [0.25, 0.3) is 0 Å². The van der Waals surface area contributed by atoms with Gasteiger partial charge in [0.2, 0.25) is 0 Å². The Labute approximate surface area is 149 Å². The van der Waals surface area contributed by atoms with Crippen LogP contribution in [0.2, 0.25) is 0 Å². The van der Waals surface area contributed by atoms with Crippen molar-refractivity contribution in [3.8, 4) is 0 Å². The summed E-state index contributed by atoms with van der Waals surface area (Å²) in [6, 6.07) is 1.47. The van der Waals surface area contributed by atoms with Crippen LogP contribution in [0.4, 0.5) is 26.3 Å². The van der Waals surface area contributed by atoms with Crippen molar-refractivity contribution in [2.45, 2.75) is 53.9 Å². The maximum absolute atomic E-state index is 12.0. The van der Waals surface area contributed by atoms with Crippen molar-refractivity contribution in [1.82, 2.24) is 4.57 Å². The maximum Gasteiger partial charge on any atom is 0.425 e. The zero-order valence-electron chi connectivity index (χ0n) is 15.4. The van der Waals surface area contributed by atoms with Gasteiger partial charge in [-0.25, -0.2) is 0 Å². The Morgan fingerprint density at radius 3 is 1.44 bits per heavy atom. The highest BCUT2D eigenvalue weighted by Crippen LogP contribution is 2.35. The lowest BCUT2D eigenvalue weighted by Gasteiger charge is -2.03. The first kappa shape index (κ1) is 25.8. The first-order chi connectivity index (χ1) is 11.4. The van der Waals surface area contributed by atoms with Crippen LogP contribution in [0.1, 0.15) is 49.3 Å². The van der Waals surface area contributed by atoms with Gasteiger partial charge < -0.3 is 4.57 Å². The Hall–Kier alpha value is -1.44. The standard InChI is InChI=1S/C7H8F3N.C6H5F3S.2C2H6/c1-5-3-11(2)4-6(5)7(8,9)10;1-4-2-3-10-5(4)6(7,8)9;2*1-2/h3-4H,1-2H3;2-3H,1H3;2*1-2H3. The van der Waals surface area contributed by atoms with E-state index >= 15 is 0 Å². The summed E-state index contributed by atoms with van der Waals surface area (Å²) >= 11 is 0.731. The third-order valence-corrected chi connectivity index (χ3v) is 3.64. The van der Waals surface area contributed by atoms with Crippen molar-refractivity contribution < 1.29 is 26.3 Å². The third-order valence-electron chi connectivity index (χ3n) is 2.58. The molecule has 0 N–H and O–H groups in total. The molecule has 8 heteroatoms. The minimum atomic E-state index is -4.22. The van der Waals surface area contributed by atoms with Crippen molar-refractivity contribution in [3.05, 3.63) is 45.4 Å². The molecule has 0 saturated carbocycles. The average Bonchev–Trinajstić information content (AvgIpc) is 3.08. The smallest absolute Gasteiger partial charge is 0.356 e. The van der Waals surface area contributed by atoms with Crippen LogP contribution in [0, 0.1) is 13.8 Å². The lowest BCUT2D eigenvalue weighted by Crippen LogP contribution is -2.04. The van der Waals surface area contributed by atoms with Crippen molar-refractivity contribution >= 4 is 11.3 Å². The van der Waals surface area contributed by atoms with E-state index in [0.717, 1.165) is 17.5 Å². The molecule has 2 heterocycles. The molecule has 0 fully saturated rings. The molecular weight excluding hydrogens is 364 g/mol. The van der Waals surface area contributed by atoms with Gasteiger partial charge in [0.25, 0.3) is 0 Å². The molecule has 0 saturated heterocycles. The van der Waals surface area contributed by atoms with Crippen LogP contribution in [0.3, 0.4) is 0 Å². The Balaban J connectivity index is 0. The summed E-state index contributed by atoms with van der Waals surface area (Å²) in [7, 11) is 1.57. The van der Waals surface area contributed by atoms with E-state index in [4.69, 9.17) is 0 Å². The fourth-order valence-electron chi connectivity index (χ4n) is 1.68. The van der Waals surface area contributed by atoms with Crippen molar-refractivity contribution in [3.63, 3.8) is 0 Å². The van der Waals surface area contributed by atoms with Gasteiger partial charge in [0.15, 0.2) is 0 Å². The highest BCUT2D eigenvalue weighted by Gasteiger charge is 2.33. The zero-order valence-corrected chi connectivity index (χ0v) is 16.2. The molecule has 0 aliphatic carbocycles. The Morgan fingerprint density at radius 1 is 0.800 bits per heavy atom. The molecule has 0 aromatic carbocycles. The molecule has 2 rings (SSSR count). The maximum atomic E-state index is 12.0. The van der Waals surface area contributed by atoms with Crippen LogP contribution in [0.5, 0.6) is 0 Å². The van der Waals surface area contributed by atoms with E-state index in [9.17, 15) is 26.3 Å². The highest BCUT2D eigenvalue weighted by atomic mass is 32.1. The second-order valence-corrected chi connectivity index (χ2v) is 5.36. The fraction of sp³-hybridized carbons (Fsp3) is 0.529. The quantitative estimate of drug-likeness (QED) is 0.412. The number of nitrogens with zero attached hydrogens (tertiary/aromatic N) is 1. The van der Waals surface area contributed by atoms with E-state index in [2.05, 4.69) is 0 Å². The molecule has 0 radical (unpaired) electrons. The molecular formula is C17H25F6NS. The highest BCUT2D eigenvalue weighted by molar-refractivity contribution is 7.10. The molecule has 0 aliphatic rings. The summed E-state index contributed by atoms with van der Waals surface area (Å²) in [6.45, 7) is 10.9. The number of aromatic nitrogens is 1. The van der Waals surface area contributed by atoms with E-state index in [-0.39, 0.29) is 5.56 Å². The van der Waals surface area contributed by atoms with E-state index in [1.165, 1.54) is 36.1 Å². The zero-order chi connectivity index (χ0) is 20.4. The van der Waals surface area contributed by atoms with Crippen LogP contribution < -0.4 is 0 Å². The minimum Gasteiger partial charge on any atom is -0.356 e. The molecule has 146 valence electrons. The topological polar surface area (TPSA) is 4.93 Å². The van der Waals surface area contributed by atoms with Gasteiger partial charge in [-0.3, -0.25) is 0 Å². The van der Waals surface area contributed by atoms with E-state index in [1.807, 2.05) is 27.7 Å². The van der Waals surface area contributed by atoms with Gasteiger partial charge in [-0.1, -0.05) is 27.7 Å². The predicted octanol–water partition coefficient (Wildman–Crippen LogP) is 7.48. The van der Waals surface area contributed by atoms with Crippen LogP contribution >= 0.6 is 11.3 Å². The van der Waals surface area contributed by atoms with E-state index in [0.29, 0.717) is 5.56 Å². The molecule has 25 heavy (non-hydrogen) atoms. The Kier molecular flexibility index (Phi) is 11.6. The van der Waals surface area contributed by atoms with Gasteiger partial charge in [-0.05, 0) is 36.4 Å². The first-order valence-electron chi connectivity index (χ1n) is 7.74. The van der Waals surface area contributed by atoms with E-state index in [1.54, 1.807) is 7.05 Å². The van der Waals surface area contributed by atoms with Crippen LogP contribution in [0.15, 0.2) is 23.8 Å². The number of rotatable bonds is 0. The molecule has 0 unspecified atom stereocenters. The summed E-state index contributed by atoms with van der Waals surface area (Å²) in [5, 5.41) is 1.44. The minimum absolute atomic E-state index is 0.264. The van der Waals surface area contributed by atoms with Gasteiger partial charge >= 0.3 is 12.4 Å². The normalized spacial score (nSPS) is 10.6. The number of aryl methyl sites for hydroxylation is 3. The number of thiophene rings is 1. The fourth-order valence-corrected chi connectivity index (χ4v) is 2.47. The summed E-state index contributed by atoms with van der Waals surface area (Å²) < 4.78 is 73.2. The molecule has 0 spiro atoms. The molecule has 0 amide bonds.